The molecular weight excluding hydrogens is 254 g/mol. The van der Waals surface area contributed by atoms with Gasteiger partial charge in [-0.25, -0.2) is 0 Å². The monoisotopic (exact) mass is 270 g/mol. The van der Waals surface area contributed by atoms with Crippen LogP contribution in [0.2, 0.25) is 0 Å². The van der Waals surface area contributed by atoms with E-state index in [2.05, 4.69) is 5.32 Å². The number of pyridine rings is 1. The van der Waals surface area contributed by atoms with Crippen LogP contribution in [0.3, 0.4) is 0 Å². The molecule has 1 heterocycles. The Kier molecular flexibility index (Phi) is 4.44. The molecule has 0 atom stereocenters. The van der Waals surface area contributed by atoms with Crippen molar-refractivity contribution in [2.45, 2.75) is 13.1 Å². The molecule has 5 heteroatoms. The minimum Gasteiger partial charge on any atom is -0.364 e. The predicted octanol–water partition coefficient (Wildman–Crippen LogP) is 0.389. The Morgan fingerprint density at radius 1 is 1.05 bits per heavy atom. The van der Waals surface area contributed by atoms with E-state index in [0.717, 1.165) is 5.56 Å². The largest absolute Gasteiger partial charge is 0.364 e. The van der Waals surface area contributed by atoms with E-state index in [1.807, 2.05) is 30.3 Å². The van der Waals surface area contributed by atoms with Crippen molar-refractivity contribution in [2.24, 2.45) is 5.73 Å². The number of hydrogen-bond donors (Lipinski definition) is 2. The minimum absolute atomic E-state index is 0.103. The topological polar surface area (TPSA) is 76.1 Å². The number of rotatable bonds is 5. The highest BCUT2D eigenvalue weighted by molar-refractivity contribution is 5.93. The lowest BCUT2D eigenvalue weighted by molar-refractivity contribution is -0.684. The Hall–Kier alpha value is -2.69. The van der Waals surface area contributed by atoms with Gasteiger partial charge < -0.3 is 11.1 Å². The maximum atomic E-state index is 11.9. The van der Waals surface area contributed by atoms with Crippen LogP contribution in [-0.4, -0.2) is 11.8 Å². The van der Waals surface area contributed by atoms with Gasteiger partial charge in [0.1, 0.15) is 0 Å². The van der Waals surface area contributed by atoms with Gasteiger partial charge in [0.25, 0.3) is 11.8 Å². The third kappa shape index (κ3) is 3.91. The number of nitrogens with one attached hydrogen (secondary N) is 1. The maximum absolute atomic E-state index is 11.9. The van der Waals surface area contributed by atoms with Gasteiger partial charge in [0.2, 0.25) is 6.54 Å². The summed E-state index contributed by atoms with van der Waals surface area (Å²) in [5.74, 6) is -0.573. The lowest BCUT2D eigenvalue weighted by Crippen LogP contribution is -2.40. The molecule has 0 saturated carbocycles. The molecule has 20 heavy (non-hydrogen) atoms. The van der Waals surface area contributed by atoms with Crippen molar-refractivity contribution in [3.63, 3.8) is 0 Å². The Balaban J connectivity index is 1.94. The molecule has 1 aromatic carbocycles. The van der Waals surface area contributed by atoms with Gasteiger partial charge in [-0.15, -0.1) is 0 Å². The summed E-state index contributed by atoms with van der Waals surface area (Å²) < 4.78 is 1.62. The van der Waals surface area contributed by atoms with Crippen LogP contribution in [0.25, 0.3) is 0 Å². The molecular formula is C15H16N3O2+. The van der Waals surface area contributed by atoms with Gasteiger partial charge in [-0.2, -0.15) is 4.57 Å². The second-order valence-electron chi connectivity index (χ2n) is 4.39. The summed E-state index contributed by atoms with van der Waals surface area (Å²) in [4.78, 5) is 22.7. The van der Waals surface area contributed by atoms with E-state index in [0.29, 0.717) is 12.1 Å². The number of carbonyl (C=O) groups excluding carboxylic acids is 2. The SMILES string of the molecule is NC(=O)C[n+]1ccc(C(=O)NCc2ccccc2)cc1. The first kappa shape index (κ1) is 13.7. The third-order valence-corrected chi connectivity index (χ3v) is 2.79. The molecule has 0 fully saturated rings. The molecule has 0 unspecified atom stereocenters. The molecule has 3 N–H and O–H groups in total. The number of amides is 2. The van der Waals surface area contributed by atoms with Crippen LogP contribution in [0.15, 0.2) is 54.9 Å². The molecule has 5 nitrogen and oxygen atoms in total. The summed E-state index contributed by atoms with van der Waals surface area (Å²) >= 11 is 0. The molecule has 0 saturated heterocycles. The van der Waals surface area contributed by atoms with Gasteiger partial charge in [-0.05, 0) is 5.56 Å². The van der Waals surface area contributed by atoms with Crippen molar-refractivity contribution in [3.05, 3.63) is 66.0 Å². The predicted molar refractivity (Wildman–Crippen MR) is 73.4 cm³/mol. The second kappa shape index (κ2) is 6.47. The summed E-state index contributed by atoms with van der Waals surface area (Å²) in [7, 11) is 0. The Labute approximate surface area is 117 Å². The van der Waals surface area contributed by atoms with E-state index < -0.39 is 5.91 Å². The smallest absolute Gasteiger partial charge is 0.283 e. The number of nitrogens with two attached hydrogens (primary N) is 1. The summed E-state index contributed by atoms with van der Waals surface area (Å²) in [6.45, 7) is 0.585. The zero-order chi connectivity index (χ0) is 14.4. The van der Waals surface area contributed by atoms with Crippen molar-refractivity contribution in [3.8, 4) is 0 Å². The summed E-state index contributed by atoms with van der Waals surface area (Å²) in [5.41, 5.74) is 6.68. The van der Waals surface area contributed by atoms with Crippen molar-refractivity contribution in [2.75, 3.05) is 0 Å². The number of nitrogens with zero attached hydrogens (tertiary/aromatic N) is 1. The normalized spacial score (nSPS) is 10.0. The highest BCUT2D eigenvalue weighted by Gasteiger charge is 2.09. The molecule has 2 amide bonds. The summed E-state index contributed by atoms with van der Waals surface area (Å²) in [6.07, 6.45) is 3.31. The lowest BCUT2D eigenvalue weighted by atomic mass is 10.2. The van der Waals surface area contributed by atoms with Gasteiger partial charge in [-0.1, -0.05) is 30.3 Å². The molecule has 0 spiro atoms. The Morgan fingerprint density at radius 2 is 1.70 bits per heavy atom. The fourth-order valence-corrected chi connectivity index (χ4v) is 1.77. The molecule has 0 aliphatic carbocycles. The van der Waals surface area contributed by atoms with Crippen LogP contribution in [0, 0.1) is 0 Å². The average molecular weight is 270 g/mol. The number of aromatic nitrogens is 1. The molecule has 102 valence electrons. The molecule has 0 bridgehead atoms. The van der Waals surface area contributed by atoms with Gasteiger partial charge >= 0.3 is 0 Å². The van der Waals surface area contributed by atoms with Crippen LogP contribution in [0.5, 0.6) is 0 Å². The number of hydrogen-bond acceptors (Lipinski definition) is 2. The van der Waals surface area contributed by atoms with E-state index >= 15 is 0 Å². The molecule has 0 aliphatic heterocycles. The van der Waals surface area contributed by atoms with Crippen LogP contribution < -0.4 is 15.6 Å². The van der Waals surface area contributed by atoms with Crippen molar-refractivity contribution >= 4 is 11.8 Å². The number of benzene rings is 1. The number of primary amides is 1. The average Bonchev–Trinajstić information content (AvgIpc) is 2.46. The summed E-state index contributed by atoms with van der Waals surface area (Å²) in [5, 5.41) is 2.84. The van der Waals surface area contributed by atoms with Crippen LogP contribution >= 0.6 is 0 Å². The van der Waals surface area contributed by atoms with Crippen molar-refractivity contribution < 1.29 is 14.2 Å². The van der Waals surface area contributed by atoms with Crippen molar-refractivity contribution in [1.29, 1.82) is 0 Å². The van der Waals surface area contributed by atoms with Gasteiger partial charge in [0.05, 0.1) is 5.56 Å². The quantitative estimate of drug-likeness (QED) is 0.771. The molecule has 2 rings (SSSR count). The van der Waals surface area contributed by atoms with Crippen LogP contribution in [0.4, 0.5) is 0 Å². The zero-order valence-corrected chi connectivity index (χ0v) is 11.0. The first-order chi connectivity index (χ1) is 9.65. The summed E-state index contributed by atoms with van der Waals surface area (Å²) in [6, 6.07) is 13.0. The van der Waals surface area contributed by atoms with Gasteiger partial charge in [0.15, 0.2) is 12.4 Å². The fourth-order valence-electron chi connectivity index (χ4n) is 1.77. The van der Waals surface area contributed by atoms with Crippen molar-refractivity contribution in [1.82, 2.24) is 5.32 Å². The fraction of sp³-hybridized carbons (Fsp3) is 0.133. The highest BCUT2D eigenvalue weighted by Crippen LogP contribution is 2.00. The Bertz CT molecular complexity index is 594. The second-order valence-corrected chi connectivity index (χ2v) is 4.39. The standard InChI is InChI=1S/C15H15N3O2/c16-14(19)11-18-8-6-13(7-9-18)15(20)17-10-12-4-2-1-3-5-12/h1-9H,10-11H2,(H2-,16,17,19,20)/p+1. The molecule has 1 aromatic heterocycles. The Morgan fingerprint density at radius 3 is 2.30 bits per heavy atom. The van der Waals surface area contributed by atoms with Gasteiger partial charge in [-0.3, -0.25) is 9.59 Å². The van der Waals surface area contributed by atoms with E-state index in [1.54, 1.807) is 29.1 Å². The van der Waals surface area contributed by atoms with Crippen LogP contribution in [0.1, 0.15) is 15.9 Å². The maximum Gasteiger partial charge on any atom is 0.283 e. The van der Waals surface area contributed by atoms with E-state index in [1.165, 1.54) is 0 Å². The minimum atomic E-state index is -0.420. The van der Waals surface area contributed by atoms with E-state index in [4.69, 9.17) is 5.73 Å². The number of carbonyl (C=O) groups is 2. The van der Waals surface area contributed by atoms with Crippen LogP contribution in [-0.2, 0) is 17.9 Å². The molecule has 0 aliphatic rings. The first-order valence-electron chi connectivity index (χ1n) is 6.24. The third-order valence-electron chi connectivity index (χ3n) is 2.79. The highest BCUT2D eigenvalue weighted by atomic mass is 16.2. The van der Waals surface area contributed by atoms with E-state index in [-0.39, 0.29) is 12.5 Å². The molecule has 2 aromatic rings. The lowest BCUT2D eigenvalue weighted by Gasteiger charge is -2.04. The van der Waals surface area contributed by atoms with E-state index in [9.17, 15) is 9.59 Å². The molecule has 0 radical (unpaired) electrons. The zero-order valence-electron chi connectivity index (χ0n) is 11.0. The van der Waals surface area contributed by atoms with Gasteiger partial charge in [0, 0.05) is 18.7 Å². The first-order valence-corrected chi connectivity index (χ1v) is 6.24.